The van der Waals surface area contributed by atoms with E-state index in [9.17, 15) is 24.3 Å². The van der Waals surface area contributed by atoms with Crippen molar-refractivity contribution in [3.63, 3.8) is 0 Å². The zero-order chi connectivity index (χ0) is 17.4. The molecule has 3 rings (SSSR count). The lowest BCUT2D eigenvalue weighted by atomic mass is 10.0. The Morgan fingerprint density at radius 3 is 2.50 bits per heavy atom. The van der Waals surface area contributed by atoms with Crippen molar-refractivity contribution in [3.8, 4) is 0 Å². The van der Waals surface area contributed by atoms with Gasteiger partial charge in [-0.2, -0.15) is 0 Å². The number of nitrogens with one attached hydrogen (secondary N) is 1. The zero-order valence-corrected chi connectivity index (χ0v) is 13.6. The summed E-state index contributed by atoms with van der Waals surface area (Å²) in [5.74, 6) is -2.33. The highest BCUT2D eigenvalue weighted by atomic mass is 35.5. The number of carbonyl (C=O) groups is 4. The van der Waals surface area contributed by atoms with Gasteiger partial charge in [0.05, 0.1) is 5.57 Å². The summed E-state index contributed by atoms with van der Waals surface area (Å²) < 4.78 is 0. The summed E-state index contributed by atoms with van der Waals surface area (Å²) in [5, 5.41) is 10.4. The zero-order valence-electron chi connectivity index (χ0n) is 12.1. The van der Waals surface area contributed by atoms with Gasteiger partial charge < -0.3 is 10.4 Å². The number of β-lactam (4-membered cyclic amide) rings is 1. The van der Waals surface area contributed by atoms with Crippen LogP contribution in [-0.4, -0.2) is 50.2 Å². The maximum absolute atomic E-state index is 12.3. The van der Waals surface area contributed by atoms with Gasteiger partial charge in [0.15, 0.2) is 0 Å². The van der Waals surface area contributed by atoms with Gasteiger partial charge in [0.25, 0.3) is 17.1 Å². The van der Waals surface area contributed by atoms with Crippen LogP contribution in [0, 0.1) is 0 Å². The molecule has 2 aliphatic heterocycles. The van der Waals surface area contributed by atoms with Crippen molar-refractivity contribution < 1.29 is 24.3 Å². The summed E-state index contributed by atoms with van der Waals surface area (Å²) in [5.41, 5.74) is -0.129. The number of hydrogen-bond donors (Lipinski definition) is 2. The average molecular weight is 367 g/mol. The highest BCUT2D eigenvalue weighted by molar-refractivity contribution is 8.00. The number of halogens is 1. The molecular formula is C15H11ClN2O5S. The Morgan fingerprint density at radius 1 is 1.25 bits per heavy atom. The molecule has 2 amide bonds. The second-order valence-corrected chi connectivity index (χ2v) is 6.58. The van der Waals surface area contributed by atoms with E-state index in [-0.39, 0.29) is 11.3 Å². The standard InChI is InChI=1S/C15H11ClN2O5S/c16-11(19)8-6-24-14-9(13(21)18(14)10(8)15(22)23)17-12(20)7-4-2-1-3-5-7/h1-5,9,14H,6H2,(H,17,20)(H,22,23)/t9?,14-/m1/s1. The van der Waals surface area contributed by atoms with Crippen molar-refractivity contribution in [2.45, 2.75) is 11.4 Å². The molecule has 1 fully saturated rings. The number of carbonyl (C=O) groups excluding carboxylic acids is 3. The van der Waals surface area contributed by atoms with E-state index in [1.54, 1.807) is 30.3 Å². The third kappa shape index (κ3) is 2.67. The number of benzene rings is 1. The van der Waals surface area contributed by atoms with Crippen LogP contribution in [0.2, 0.25) is 0 Å². The van der Waals surface area contributed by atoms with Crippen LogP contribution in [0.1, 0.15) is 10.4 Å². The number of carboxylic acids is 1. The first-order valence-electron chi connectivity index (χ1n) is 6.88. The lowest BCUT2D eigenvalue weighted by Gasteiger charge is -2.49. The third-order valence-corrected chi connectivity index (χ3v) is 5.24. The predicted octanol–water partition coefficient (Wildman–Crippen LogP) is 0.804. The molecule has 0 aromatic heterocycles. The largest absolute Gasteiger partial charge is 0.477 e. The molecule has 1 saturated heterocycles. The van der Waals surface area contributed by atoms with Gasteiger partial charge in [-0.3, -0.25) is 19.3 Å². The summed E-state index contributed by atoms with van der Waals surface area (Å²) in [4.78, 5) is 48.2. The smallest absolute Gasteiger partial charge is 0.353 e. The third-order valence-electron chi connectivity index (χ3n) is 3.73. The van der Waals surface area contributed by atoms with Gasteiger partial charge >= 0.3 is 5.97 Å². The molecule has 7 nitrogen and oxygen atoms in total. The molecule has 124 valence electrons. The number of fused-ring (bicyclic) bond motifs is 1. The van der Waals surface area contributed by atoms with Crippen LogP contribution in [0.5, 0.6) is 0 Å². The highest BCUT2D eigenvalue weighted by Crippen LogP contribution is 2.40. The van der Waals surface area contributed by atoms with Gasteiger partial charge in [0.1, 0.15) is 17.1 Å². The molecule has 0 saturated carbocycles. The Morgan fingerprint density at radius 2 is 1.92 bits per heavy atom. The minimum absolute atomic E-state index is 0.0656. The second-order valence-electron chi connectivity index (χ2n) is 5.13. The Kier molecular flexibility index (Phi) is 4.33. The van der Waals surface area contributed by atoms with E-state index in [0.29, 0.717) is 5.56 Å². The van der Waals surface area contributed by atoms with Crippen LogP contribution in [0.3, 0.4) is 0 Å². The molecule has 0 radical (unpaired) electrons. The van der Waals surface area contributed by atoms with E-state index in [1.165, 1.54) is 11.8 Å². The molecule has 2 N–H and O–H groups in total. The molecule has 2 atom stereocenters. The summed E-state index contributed by atoms with van der Waals surface area (Å²) in [7, 11) is 0. The topological polar surface area (TPSA) is 104 Å². The summed E-state index contributed by atoms with van der Waals surface area (Å²) >= 11 is 6.58. The molecule has 0 bridgehead atoms. The first kappa shape index (κ1) is 16.5. The molecule has 0 spiro atoms. The SMILES string of the molecule is O=C(O)C1=C(C(=O)Cl)CS[C@@H]2C(NC(=O)c3ccccc3)C(=O)N12. The molecule has 1 aromatic carbocycles. The minimum atomic E-state index is -1.40. The number of aliphatic carboxylic acids is 1. The van der Waals surface area contributed by atoms with Gasteiger partial charge in [-0.1, -0.05) is 18.2 Å². The monoisotopic (exact) mass is 366 g/mol. The van der Waals surface area contributed by atoms with E-state index in [0.717, 1.165) is 4.90 Å². The quantitative estimate of drug-likeness (QED) is 0.603. The van der Waals surface area contributed by atoms with Crippen LogP contribution in [0.25, 0.3) is 0 Å². The van der Waals surface area contributed by atoms with Crippen LogP contribution >= 0.6 is 23.4 Å². The summed E-state index contributed by atoms with van der Waals surface area (Å²) in [6.07, 6.45) is 0. The van der Waals surface area contributed by atoms with Crippen molar-refractivity contribution >= 4 is 46.4 Å². The van der Waals surface area contributed by atoms with Gasteiger partial charge in [-0.15, -0.1) is 11.8 Å². The van der Waals surface area contributed by atoms with Crippen molar-refractivity contribution in [2.24, 2.45) is 0 Å². The Hall–Kier alpha value is -2.32. The fourth-order valence-electron chi connectivity index (χ4n) is 2.58. The molecule has 0 aliphatic carbocycles. The van der Waals surface area contributed by atoms with E-state index < -0.39 is 40.1 Å². The van der Waals surface area contributed by atoms with Crippen LogP contribution in [-0.2, 0) is 14.4 Å². The number of hydrogen-bond acceptors (Lipinski definition) is 5. The number of nitrogens with zero attached hydrogens (tertiary/aromatic N) is 1. The second kappa shape index (κ2) is 6.29. The molecule has 1 aromatic rings. The van der Waals surface area contributed by atoms with Gasteiger partial charge in [0, 0.05) is 11.3 Å². The minimum Gasteiger partial charge on any atom is -0.477 e. The van der Waals surface area contributed by atoms with Crippen molar-refractivity contribution in [1.29, 1.82) is 0 Å². The molecule has 2 aliphatic rings. The summed E-state index contributed by atoms with van der Waals surface area (Å²) in [6.45, 7) is 0. The van der Waals surface area contributed by atoms with E-state index >= 15 is 0 Å². The van der Waals surface area contributed by atoms with Gasteiger partial charge in [0.2, 0.25) is 0 Å². The molecule has 1 unspecified atom stereocenters. The van der Waals surface area contributed by atoms with Crippen LogP contribution < -0.4 is 5.32 Å². The lowest BCUT2D eigenvalue weighted by Crippen LogP contribution is -2.70. The van der Waals surface area contributed by atoms with Gasteiger partial charge in [-0.05, 0) is 23.7 Å². The van der Waals surface area contributed by atoms with E-state index in [1.807, 2.05) is 0 Å². The van der Waals surface area contributed by atoms with Crippen molar-refractivity contribution in [1.82, 2.24) is 10.2 Å². The number of thioether (sulfide) groups is 1. The molecule has 24 heavy (non-hydrogen) atoms. The highest BCUT2D eigenvalue weighted by Gasteiger charge is 2.54. The maximum Gasteiger partial charge on any atom is 0.353 e. The lowest BCUT2D eigenvalue weighted by molar-refractivity contribution is -0.148. The molecule has 9 heteroatoms. The Labute approximate surface area is 145 Å². The Bertz CT molecular complexity index is 779. The Balaban J connectivity index is 1.81. The van der Waals surface area contributed by atoms with Crippen molar-refractivity contribution in [2.75, 3.05) is 5.75 Å². The van der Waals surface area contributed by atoms with Crippen molar-refractivity contribution in [3.05, 3.63) is 47.2 Å². The number of carboxylic acid groups (broad SMARTS) is 1. The maximum atomic E-state index is 12.3. The summed E-state index contributed by atoms with van der Waals surface area (Å²) in [6, 6.07) is 7.53. The van der Waals surface area contributed by atoms with E-state index in [4.69, 9.17) is 11.6 Å². The van der Waals surface area contributed by atoms with Gasteiger partial charge in [-0.25, -0.2) is 4.79 Å². The molecule has 2 heterocycles. The molecular weight excluding hydrogens is 356 g/mol. The number of rotatable bonds is 4. The van der Waals surface area contributed by atoms with Crippen LogP contribution in [0.15, 0.2) is 41.6 Å². The van der Waals surface area contributed by atoms with E-state index in [2.05, 4.69) is 5.32 Å². The predicted molar refractivity (Wildman–Crippen MR) is 86.3 cm³/mol. The average Bonchev–Trinajstić information content (AvgIpc) is 2.58. The number of amides is 2. The first-order chi connectivity index (χ1) is 11.4. The fraction of sp³-hybridized carbons (Fsp3) is 0.200. The first-order valence-corrected chi connectivity index (χ1v) is 8.31. The fourth-order valence-corrected chi connectivity index (χ4v) is 4.16. The normalized spacial score (nSPS) is 22.5. The van der Waals surface area contributed by atoms with Crippen LogP contribution in [0.4, 0.5) is 0 Å².